The normalized spacial score (nSPS) is 13.0. The third-order valence-electron chi connectivity index (χ3n) is 4.49. The Bertz CT molecular complexity index is 1040. The minimum Gasteiger partial charge on any atom is -0.489 e. The molecule has 0 atom stereocenters. The van der Waals surface area contributed by atoms with Crippen molar-refractivity contribution in [3.05, 3.63) is 58.7 Å². The number of hydrogen-bond acceptors (Lipinski definition) is 6. The minimum absolute atomic E-state index is 0.167. The molecule has 7 nitrogen and oxygen atoms in total. The van der Waals surface area contributed by atoms with E-state index in [-0.39, 0.29) is 18.1 Å². The molecule has 156 valence electrons. The predicted octanol–water partition coefficient (Wildman–Crippen LogP) is 3.94. The van der Waals surface area contributed by atoms with Crippen LogP contribution in [0.2, 0.25) is 5.02 Å². The van der Waals surface area contributed by atoms with Crippen molar-refractivity contribution in [2.24, 2.45) is 0 Å². The number of carbonyl (C=O) groups excluding carboxylic acids is 1. The van der Waals surface area contributed by atoms with Crippen molar-refractivity contribution in [1.82, 2.24) is 15.5 Å². The molecule has 0 radical (unpaired) electrons. The van der Waals surface area contributed by atoms with Gasteiger partial charge in [-0.25, -0.2) is 4.39 Å². The summed E-state index contributed by atoms with van der Waals surface area (Å²) in [6.45, 7) is 1.42. The fourth-order valence-electron chi connectivity index (χ4n) is 2.97. The topological polar surface area (TPSA) is 86.5 Å². The molecule has 30 heavy (non-hydrogen) atoms. The lowest BCUT2D eigenvalue weighted by Gasteiger charge is -2.12. The van der Waals surface area contributed by atoms with E-state index in [0.717, 1.165) is 12.0 Å². The molecular formula is C21H19ClFN3O4. The molecule has 0 unspecified atom stereocenters. The highest BCUT2D eigenvalue weighted by Crippen LogP contribution is 2.37. The number of amides is 1. The van der Waals surface area contributed by atoms with Gasteiger partial charge >= 0.3 is 0 Å². The second kappa shape index (κ2) is 9.13. The average molecular weight is 432 g/mol. The van der Waals surface area contributed by atoms with Crippen LogP contribution < -0.4 is 14.8 Å². The number of aryl methyl sites for hydroxylation is 1. The van der Waals surface area contributed by atoms with Crippen molar-refractivity contribution in [1.29, 1.82) is 0 Å². The van der Waals surface area contributed by atoms with Gasteiger partial charge < -0.3 is 19.3 Å². The van der Waals surface area contributed by atoms with Gasteiger partial charge in [-0.1, -0.05) is 16.8 Å². The second-order valence-corrected chi connectivity index (χ2v) is 7.16. The summed E-state index contributed by atoms with van der Waals surface area (Å²) >= 11 is 6.27. The minimum atomic E-state index is -0.339. The van der Waals surface area contributed by atoms with Crippen LogP contribution in [-0.2, 0) is 17.8 Å². The highest BCUT2D eigenvalue weighted by molar-refractivity contribution is 6.32. The summed E-state index contributed by atoms with van der Waals surface area (Å²) in [6.07, 6.45) is 1.26. The zero-order valence-electron chi connectivity index (χ0n) is 16.0. The Morgan fingerprint density at radius 2 is 1.97 bits per heavy atom. The van der Waals surface area contributed by atoms with Gasteiger partial charge in [0.1, 0.15) is 5.82 Å². The molecule has 1 amide bonds. The van der Waals surface area contributed by atoms with E-state index < -0.39 is 0 Å². The fraction of sp³-hybridized carbons (Fsp3) is 0.286. The van der Waals surface area contributed by atoms with Gasteiger partial charge in [-0.2, -0.15) is 4.98 Å². The van der Waals surface area contributed by atoms with E-state index in [1.165, 1.54) is 12.1 Å². The standard InChI is InChI=1S/C21H19ClFN3O4/c22-16-10-13(11-17-20(16)29-9-1-8-28-17)12-24-18(27)6-7-19-25-21(26-30-19)14-2-4-15(23)5-3-14/h2-5,10-11H,1,6-9,12H2,(H,24,27). The van der Waals surface area contributed by atoms with Crippen molar-refractivity contribution >= 4 is 17.5 Å². The van der Waals surface area contributed by atoms with Crippen LogP contribution >= 0.6 is 11.6 Å². The number of aromatic nitrogens is 2. The Labute approximate surface area is 177 Å². The molecule has 0 saturated heterocycles. The van der Waals surface area contributed by atoms with E-state index in [9.17, 15) is 9.18 Å². The summed E-state index contributed by atoms with van der Waals surface area (Å²) in [5.74, 6) is 1.31. The molecule has 0 bridgehead atoms. The molecule has 2 heterocycles. The van der Waals surface area contributed by atoms with Crippen LogP contribution in [0.25, 0.3) is 11.4 Å². The van der Waals surface area contributed by atoms with Crippen molar-refractivity contribution < 1.29 is 23.2 Å². The van der Waals surface area contributed by atoms with Crippen LogP contribution in [0, 0.1) is 5.82 Å². The average Bonchev–Trinajstić information content (AvgIpc) is 3.08. The lowest BCUT2D eigenvalue weighted by molar-refractivity contribution is -0.121. The lowest BCUT2D eigenvalue weighted by atomic mass is 10.2. The summed E-state index contributed by atoms with van der Waals surface area (Å²) < 4.78 is 29.4. The maximum Gasteiger partial charge on any atom is 0.227 e. The van der Waals surface area contributed by atoms with Gasteiger partial charge in [0.15, 0.2) is 11.5 Å². The van der Waals surface area contributed by atoms with Crippen LogP contribution in [0.5, 0.6) is 11.5 Å². The third-order valence-corrected chi connectivity index (χ3v) is 4.77. The first-order valence-corrected chi connectivity index (χ1v) is 9.89. The molecule has 2 aromatic carbocycles. The molecule has 1 aliphatic heterocycles. The monoisotopic (exact) mass is 431 g/mol. The summed E-state index contributed by atoms with van der Waals surface area (Å²) in [5, 5.41) is 7.16. The second-order valence-electron chi connectivity index (χ2n) is 6.75. The van der Waals surface area contributed by atoms with Gasteiger partial charge in [0.25, 0.3) is 0 Å². The maximum absolute atomic E-state index is 13.0. The van der Waals surface area contributed by atoms with Crippen molar-refractivity contribution in [3.8, 4) is 22.9 Å². The van der Waals surface area contributed by atoms with Gasteiger partial charge in [0.2, 0.25) is 17.6 Å². The SMILES string of the molecule is O=C(CCc1nc(-c2ccc(F)cc2)no1)NCc1cc(Cl)c2c(c1)OCCCO2. The van der Waals surface area contributed by atoms with Gasteiger partial charge in [0, 0.05) is 31.4 Å². The zero-order chi connectivity index (χ0) is 20.9. The van der Waals surface area contributed by atoms with Crippen LogP contribution in [0.4, 0.5) is 4.39 Å². The number of rotatable bonds is 6. The number of fused-ring (bicyclic) bond motifs is 1. The van der Waals surface area contributed by atoms with E-state index >= 15 is 0 Å². The molecule has 0 saturated carbocycles. The number of nitrogens with zero attached hydrogens (tertiary/aromatic N) is 2. The number of halogens is 2. The summed E-state index contributed by atoms with van der Waals surface area (Å²) in [7, 11) is 0. The number of hydrogen-bond donors (Lipinski definition) is 1. The predicted molar refractivity (Wildman–Crippen MR) is 107 cm³/mol. The van der Waals surface area contributed by atoms with Crippen LogP contribution in [-0.4, -0.2) is 29.3 Å². The van der Waals surface area contributed by atoms with E-state index in [1.54, 1.807) is 18.2 Å². The molecule has 3 aromatic rings. The number of benzene rings is 2. The molecular weight excluding hydrogens is 413 g/mol. The van der Waals surface area contributed by atoms with Gasteiger partial charge in [0.05, 0.1) is 18.2 Å². The molecule has 0 fully saturated rings. The Balaban J connectivity index is 1.30. The van der Waals surface area contributed by atoms with Crippen LogP contribution in [0.3, 0.4) is 0 Å². The van der Waals surface area contributed by atoms with Gasteiger partial charge in [-0.3, -0.25) is 4.79 Å². The summed E-state index contributed by atoms with van der Waals surface area (Å²) in [5.41, 5.74) is 1.45. The Morgan fingerprint density at radius 3 is 2.80 bits per heavy atom. The molecule has 1 aromatic heterocycles. The van der Waals surface area contributed by atoms with Crippen molar-refractivity contribution in [3.63, 3.8) is 0 Å². The highest BCUT2D eigenvalue weighted by atomic mass is 35.5. The largest absolute Gasteiger partial charge is 0.489 e. The van der Waals surface area contributed by atoms with Gasteiger partial charge in [-0.05, 0) is 42.0 Å². The van der Waals surface area contributed by atoms with Crippen LogP contribution in [0.15, 0.2) is 40.9 Å². The Morgan fingerprint density at radius 1 is 1.17 bits per heavy atom. The van der Waals surface area contributed by atoms with E-state index in [0.29, 0.717) is 60.0 Å². The van der Waals surface area contributed by atoms with E-state index in [1.807, 2.05) is 6.07 Å². The summed E-state index contributed by atoms with van der Waals surface area (Å²) in [4.78, 5) is 16.4. The molecule has 1 N–H and O–H groups in total. The molecule has 1 aliphatic rings. The molecule has 0 aliphatic carbocycles. The molecule has 4 rings (SSSR count). The van der Waals surface area contributed by atoms with Crippen molar-refractivity contribution in [2.75, 3.05) is 13.2 Å². The lowest BCUT2D eigenvalue weighted by Crippen LogP contribution is -2.23. The first kappa shape index (κ1) is 20.2. The van der Waals surface area contributed by atoms with E-state index in [4.69, 9.17) is 25.6 Å². The smallest absolute Gasteiger partial charge is 0.227 e. The number of carbonyl (C=O) groups is 1. The molecule has 9 heteroatoms. The Hall–Kier alpha value is -3.13. The third kappa shape index (κ3) is 4.88. The Kier molecular flexibility index (Phi) is 6.13. The quantitative estimate of drug-likeness (QED) is 0.636. The van der Waals surface area contributed by atoms with Crippen molar-refractivity contribution in [2.45, 2.75) is 25.8 Å². The molecule has 0 spiro atoms. The first-order chi connectivity index (χ1) is 14.6. The van der Waals surface area contributed by atoms with Crippen LogP contribution in [0.1, 0.15) is 24.3 Å². The summed E-state index contributed by atoms with van der Waals surface area (Å²) in [6, 6.07) is 9.35. The van der Waals surface area contributed by atoms with E-state index in [2.05, 4.69) is 15.5 Å². The van der Waals surface area contributed by atoms with Gasteiger partial charge in [-0.15, -0.1) is 0 Å². The fourth-order valence-corrected chi connectivity index (χ4v) is 3.26. The zero-order valence-corrected chi connectivity index (χ0v) is 16.7. The number of ether oxygens (including phenoxy) is 2. The number of nitrogens with one attached hydrogen (secondary N) is 1. The maximum atomic E-state index is 13.0. The first-order valence-electron chi connectivity index (χ1n) is 9.52. The highest BCUT2D eigenvalue weighted by Gasteiger charge is 2.16.